The lowest BCUT2D eigenvalue weighted by Crippen LogP contribution is -2.42. The van der Waals surface area contributed by atoms with Crippen LogP contribution in [0.5, 0.6) is 5.75 Å². The maximum atomic E-state index is 12.8. The number of benzene rings is 1. The van der Waals surface area contributed by atoms with Gasteiger partial charge in [-0.2, -0.15) is 0 Å². The number of ether oxygens (including phenoxy) is 1. The molecule has 0 aliphatic heterocycles. The predicted octanol–water partition coefficient (Wildman–Crippen LogP) is 4.15. The normalized spacial score (nSPS) is 15.0. The Kier molecular flexibility index (Phi) is 6.61. The smallest absolute Gasteiger partial charge is 0.233 e. The molecule has 0 radical (unpaired) electrons. The standard InChI is InChI=1S/C20H27N3O2S/c1-3-22(16-8-5-4-6-9-16)19(24)15-26-20-21-12-13-23(20)17-10-7-11-18(14-17)25-2/h7,10-14,16H,3-6,8-9,15H2,1-2H3. The Morgan fingerprint density at radius 3 is 2.88 bits per heavy atom. The van der Waals surface area contributed by atoms with E-state index in [0.717, 1.165) is 36.0 Å². The molecular weight excluding hydrogens is 346 g/mol. The third-order valence-corrected chi connectivity index (χ3v) is 5.89. The summed E-state index contributed by atoms with van der Waals surface area (Å²) in [6, 6.07) is 8.26. The number of thioether (sulfide) groups is 1. The number of rotatable bonds is 7. The van der Waals surface area contributed by atoms with Crippen LogP contribution in [-0.2, 0) is 4.79 Å². The van der Waals surface area contributed by atoms with Crippen LogP contribution in [0, 0.1) is 0 Å². The molecule has 1 aliphatic rings. The van der Waals surface area contributed by atoms with Gasteiger partial charge >= 0.3 is 0 Å². The minimum atomic E-state index is 0.213. The molecule has 0 unspecified atom stereocenters. The van der Waals surface area contributed by atoms with Gasteiger partial charge in [0, 0.05) is 31.0 Å². The highest BCUT2D eigenvalue weighted by Gasteiger charge is 2.24. The van der Waals surface area contributed by atoms with Crippen LogP contribution in [-0.4, -0.2) is 45.8 Å². The van der Waals surface area contributed by atoms with E-state index in [2.05, 4.69) is 16.8 Å². The summed E-state index contributed by atoms with van der Waals surface area (Å²) < 4.78 is 7.30. The second kappa shape index (κ2) is 9.12. The largest absolute Gasteiger partial charge is 0.497 e. The molecule has 1 saturated carbocycles. The molecule has 2 aromatic rings. The molecule has 140 valence electrons. The summed E-state index contributed by atoms with van der Waals surface area (Å²) in [5, 5.41) is 0.825. The summed E-state index contributed by atoms with van der Waals surface area (Å²) in [5.41, 5.74) is 0.983. The fourth-order valence-electron chi connectivity index (χ4n) is 3.59. The first-order valence-electron chi connectivity index (χ1n) is 9.33. The fourth-order valence-corrected chi connectivity index (χ4v) is 4.45. The molecule has 1 aromatic heterocycles. The van der Waals surface area contributed by atoms with Crippen molar-refractivity contribution in [3.8, 4) is 11.4 Å². The van der Waals surface area contributed by atoms with E-state index >= 15 is 0 Å². The molecule has 0 N–H and O–H groups in total. The number of amides is 1. The summed E-state index contributed by atoms with van der Waals surface area (Å²) in [5.74, 6) is 1.44. The molecule has 0 saturated heterocycles. The summed E-state index contributed by atoms with van der Waals surface area (Å²) in [7, 11) is 1.66. The van der Waals surface area contributed by atoms with Gasteiger partial charge in [0.1, 0.15) is 5.75 Å². The molecule has 1 heterocycles. The van der Waals surface area contributed by atoms with Crippen molar-refractivity contribution >= 4 is 17.7 Å². The summed E-state index contributed by atoms with van der Waals surface area (Å²) in [4.78, 5) is 19.3. The van der Waals surface area contributed by atoms with Crippen LogP contribution in [0.25, 0.3) is 5.69 Å². The quantitative estimate of drug-likeness (QED) is 0.684. The van der Waals surface area contributed by atoms with Crippen LogP contribution >= 0.6 is 11.8 Å². The van der Waals surface area contributed by atoms with Crippen molar-refractivity contribution in [1.29, 1.82) is 0 Å². The minimum Gasteiger partial charge on any atom is -0.497 e. The van der Waals surface area contributed by atoms with Crippen molar-refractivity contribution in [3.05, 3.63) is 36.7 Å². The molecule has 5 nitrogen and oxygen atoms in total. The zero-order valence-electron chi connectivity index (χ0n) is 15.6. The fraction of sp³-hybridized carbons (Fsp3) is 0.500. The molecule has 0 atom stereocenters. The molecule has 6 heteroatoms. The van der Waals surface area contributed by atoms with Crippen molar-refractivity contribution in [2.24, 2.45) is 0 Å². The number of hydrogen-bond donors (Lipinski definition) is 0. The summed E-state index contributed by atoms with van der Waals surface area (Å²) in [6.45, 7) is 2.86. The van der Waals surface area contributed by atoms with E-state index in [4.69, 9.17) is 4.74 Å². The van der Waals surface area contributed by atoms with E-state index in [1.54, 1.807) is 13.3 Å². The predicted molar refractivity (Wildman–Crippen MR) is 105 cm³/mol. The van der Waals surface area contributed by atoms with E-state index in [0.29, 0.717) is 11.8 Å². The van der Waals surface area contributed by atoms with Crippen LogP contribution < -0.4 is 4.74 Å². The van der Waals surface area contributed by atoms with Gasteiger partial charge in [0.05, 0.1) is 18.6 Å². The molecule has 1 aromatic carbocycles. The summed E-state index contributed by atoms with van der Waals surface area (Å²) in [6.07, 6.45) is 9.75. The molecular formula is C20H27N3O2S. The van der Waals surface area contributed by atoms with Crippen molar-refractivity contribution in [2.45, 2.75) is 50.2 Å². The van der Waals surface area contributed by atoms with Gasteiger partial charge in [0.2, 0.25) is 5.91 Å². The van der Waals surface area contributed by atoms with Gasteiger partial charge in [-0.15, -0.1) is 0 Å². The average Bonchev–Trinajstić information content (AvgIpc) is 3.16. The number of carbonyl (C=O) groups is 1. The first-order chi connectivity index (χ1) is 12.7. The SMILES string of the molecule is CCN(C(=O)CSc1nccn1-c1cccc(OC)c1)C1CCCCC1. The Hall–Kier alpha value is -1.95. The number of aromatic nitrogens is 2. The van der Waals surface area contributed by atoms with Crippen LogP contribution in [0.3, 0.4) is 0 Å². The Balaban J connectivity index is 1.66. The van der Waals surface area contributed by atoms with E-state index in [9.17, 15) is 4.79 Å². The van der Waals surface area contributed by atoms with Gasteiger partial charge in [-0.25, -0.2) is 4.98 Å². The van der Waals surface area contributed by atoms with E-state index in [1.807, 2.05) is 35.0 Å². The highest BCUT2D eigenvalue weighted by atomic mass is 32.2. The number of nitrogens with zero attached hydrogens (tertiary/aromatic N) is 3. The Labute approximate surface area is 159 Å². The Bertz CT molecular complexity index is 725. The lowest BCUT2D eigenvalue weighted by Gasteiger charge is -2.33. The van der Waals surface area contributed by atoms with Gasteiger partial charge in [-0.05, 0) is 31.9 Å². The Morgan fingerprint density at radius 1 is 1.35 bits per heavy atom. The zero-order chi connectivity index (χ0) is 18.4. The van der Waals surface area contributed by atoms with Crippen LogP contribution in [0.2, 0.25) is 0 Å². The van der Waals surface area contributed by atoms with Gasteiger partial charge in [0.25, 0.3) is 0 Å². The van der Waals surface area contributed by atoms with E-state index in [-0.39, 0.29) is 5.91 Å². The van der Waals surface area contributed by atoms with Gasteiger partial charge in [-0.1, -0.05) is 37.1 Å². The molecule has 26 heavy (non-hydrogen) atoms. The third-order valence-electron chi connectivity index (χ3n) is 4.94. The maximum Gasteiger partial charge on any atom is 0.233 e. The van der Waals surface area contributed by atoms with Gasteiger partial charge < -0.3 is 9.64 Å². The zero-order valence-corrected chi connectivity index (χ0v) is 16.4. The second-order valence-electron chi connectivity index (χ2n) is 6.54. The lowest BCUT2D eigenvalue weighted by atomic mass is 9.94. The Morgan fingerprint density at radius 2 is 2.15 bits per heavy atom. The molecule has 1 fully saturated rings. The highest BCUT2D eigenvalue weighted by Crippen LogP contribution is 2.26. The van der Waals surface area contributed by atoms with Crippen LogP contribution in [0.4, 0.5) is 0 Å². The minimum absolute atomic E-state index is 0.213. The maximum absolute atomic E-state index is 12.8. The van der Waals surface area contributed by atoms with Crippen molar-refractivity contribution in [1.82, 2.24) is 14.5 Å². The third kappa shape index (κ3) is 4.41. The molecule has 3 rings (SSSR count). The van der Waals surface area contributed by atoms with Gasteiger partial charge in [0.15, 0.2) is 5.16 Å². The highest BCUT2D eigenvalue weighted by molar-refractivity contribution is 7.99. The van der Waals surface area contributed by atoms with E-state index in [1.165, 1.54) is 31.0 Å². The topological polar surface area (TPSA) is 47.4 Å². The number of hydrogen-bond acceptors (Lipinski definition) is 4. The molecule has 1 amide bonds. The average molecular weight is 374 g/mol. The summed E-state index contributed by atoms with van der Waals surface area (Å²) >= 11 is 1.50. The van der Waals surface area contributed by atoms with Crippen molar-refractivity contribution in [3.63, 3.8) is 0 Å². The monoisotopic (exact) mass is 373 g/mol. The van der Waals surface area contributed by atoms with Crippen LogP contribution in [0.15, 0.2) is 41.8 Å². The number of carbonyl (C=O) groups excluding carboxylic acids is 1. The molecule has 0 bridgehead atoms. The number of imidazole rings is 1. The first-order valence-corrected chi connectivity index (χ1v) is 10.3. The number of methoxy groups -OCH3 is 1. The van der Waals surface area contributed by atoms with Gasteiger partial charge in [-0.3, -0.25) is 9.36 Å². The lowest BCUT2D eigenvalue weighted by molar-refractivity contribution is -0.131. The molecule has 1 aliphatic carbocycles. The van der Waals surface area contributed by atoms with Crippen molar-refractivity contribution < 1.29 is 9.53 Å². The molecule has 0 spiro atoms. The van der Waals surface area contributed by atoms with E-state index < -0.39 is 0 Å². The second-order valence-corrected chi connectivity index (χ2v) is 7.48. The first kappa shape index (κ1) is 18.8. The van der Waals surface area contributed by atoms with Crippen molar-refractivity contribution in [2.75, 3.05) is 19.4 Å². The van der Waals surface area contributed by atoms with Crippen LogP contribution in [0.1, 0.15) is 39.0 Å².